The largest absolute Gasteiger partial charge is 0.496 e. The van der Waals surface area contributed by atoms with Crippen molar-refractivity contribution in [3.8, 4) is 5.75 Å². The van der Waals surface area contributed by atoms with Gasteiger partial charge >= 0.3 is 12.0 Å². The van der Waals surface area contributed by atoms with E-state index in [4.69, 9.17) is 33.3 Å². The minimum absolute atomic E-state index is 0.128. The monoisotopic (exact) mass is 604 g/mol. The molecule has 0 aromatic heterocycles. The zero-order chi connectivity index (χ0) is 30.5. The van der Waals surface area contributed by atoms with Crippen molar-refractivity contribution in [3.63, 3.8) is 0 Å². The average molecular weight is 605 g/mol. The van der Waals surface area contributed by atoms with Crippen LogP contribution in [0.4, 0.5) is 10.5 Å². The zero-order valence-electron chi connectivity index (χ0n) is 23.5. The molecule has 0 unspecified atom stereocenters. The van der Waals surface area contributed by atoms with E-state index in [-0.39, 0.29) is 25.1 Å². The van der Waals surface area contributed by atoms with E-state index in [1.54, 1.807) is 45.9 Å². The van der Waals surface area contributed by atoms with Crippen LogP contribution in [-0.2, 0) is 16.0 Å². The molecule has 1 aliphatic rings. The van der Waals surface area contributed by atoms with Crippen LogP contribution in [-0.4, -0.2) is 58.5 Å². The Morgan fingerprint density at radius 2 is 1.98 bits per heavy atom. The highest BCUT2D eigenvalue weighted by molar-refractivity contribution is 7.80. The van der Waals surface area contributed by atoms with E-state index in [2.05, 4.69) is 10.6 Å². The fourth-order valence-corrected chi connectivity index (χ4v) is 4.80. The van der Waals surface area contributed by atoms with Crippen molar-refractivity contribution in [1.82, 2.24) is 15.5 Å². The van der Waals surface area contributed by atoms with Crippen molar-refractivity contribution in [2.24, 2.45) is 5.92 Å². The summed E-state index contributed by atoms with van der Waals surface area (Å²) in [7, 11) is 1.52. The maximum Gasteiger partial charge on any atom is 0.345 e. The molecule has 1 fully saturated rings. The lowest BCUT2D eigenvalue weighted by atomic mass is 9.97. The van der Waals surface area contributed by atoms with Gasteiger partial charge in [-0.2, -0.15) is 0 Å². The molecule has 0 radical (unpaired) electrons. The van der Waals surface area contributed by atoms with Gasteiger partial charge in [0.1, 0.15) is 16.9 Å². The summed E-state index contributed by atoms with van der Waals surface area (Å²) >= 11 is 11.5. The number of thiocarbonyl (C=S) groups is 1. The summed E-state index contributed by atoms with van der Waals surface area (Å²) in [4.78, 5) is 52.0. The van der Waals surface area contributed by atoms with Crippen molar-refractivity contribution < 1.29 is 28.8 Å². The molecular formula is C28H33ClN4O7S. The Morgan fingerprint density at radius 3 is 2.59 bits per heavy atom. The summed E-state index contributed by atoms with van der Waals surface area (Å²) < 4.78 is 10.7. The third-order valence-electron chi connectivity index (χ3n) is 6.36. The maximum absolute atomic E-state index is 13.6. The molecule has 2 atom stereocenters. The predicted octanol–water partition coefficient (Wildman–Crippen LogP) is 4.99. The quantitative estimate of drug-likeness (QED) is 0.184. The fraction of sp³-hybridized carbons (Fsp3) is 0.429. The minimum Gasteiger partial charge on any atom is -0.496 e. The number of halogens is 1. The SMILES string of the molecule is CC[C@@H](NC(=O)N1CC(=S)NC[C@H](Cc2cc(Cl)ccc2OC)C1=O)c1ccc(C(=O)OC(C)(C)C)c([N+](=O)[O-])c1. The van der Waals surface area contributed by atoms with Gasteiger partial charge in [0.25, 0.3) is 5.69 Å². The third-order valence-corrected chi connectivity index (χ3v) is 6.87. The molecule has 1 saturated heterocycles. The normalized spacial score (nSPS) is 16.3. The number of hydrogen-bond donors (Lipinski definition) is 2. The average Bonchev–Trinajstić information content (AvgIpc) is 3.04. The zero-order valence-corrected chi connectivity index (χ0v) is 25.1. The van der Waals surface area contributed by atoms with Gasteiger partial charge in [0.05, 0.1) is 35.5 Å². The third kappa shape index (κ3) is 8.14. The number of amides is 3. The van der Waals surface area contributed by atoms with Crippen LogP contribution in [0.3, 0.4) is 0 Å². The Bertz CT molecular complexity index is 1360. The van der Waals surface area contributed by atoms with Crippen molar-refractivity contribution >= 4 is 52.4 Å². The van der Waals surface area contributed by atoms with Gasteiger partial charge in [0, 0.05) is 17.6 Å². The van der Waals surface area contributed by atoms with Crippen molar-refractivity contribution in [2.45, 2.75) is 52.2 Å². The number of carbonyl (C=O) groups is 3. The second kappa shape index (κ2) is 13.3. The van der Waals surface area contributed by atoms with E-state index in [1.165, 1.54) is 25.3 Å². The summed E-state index contributed by atoms with van der Waals surface area (Å²) in [5.74, 6) is -1.36. The first kappa shape index (κ1) is 31.8. The Kier molecular flexibility index (Phi) is 10.3. The first-order chi connectivity index (χ1) is 19.2. The Balaban J connectivity index is 1.85. The van der Waals surface area contributed by atoms with Gasteiger partial charge in [-0.05, 0) is 69.0 Å². The topological polar surface area (TPSA) is 140 Å². The molecule has 0 bridgehead atoms. The highest BCUT2D eigenvalue weighted by Gasteiger charge is 2.35. The fourth-order valence-electron chi connectivity index (χ4n) is 4.40. The molecule has 13 heteroatoms. The number of methoxy groups -OCH3 is 1. The summed E-state index contributed by atoms with van der Waals surface area (Å²) in [5.41, 5.74) is -0.390. The van der Waals surface area contributed by atoms with E-state index in [0.717, 1.165) is 4.90 Å². The first-order valence-corrected chi connectivity index (χ1v) is 13.7. The number of nitro groups is 1. The van der Waals surface area contributed by atoms with Gasteiger partial charge < -0.3 is 20.1 Å². The highest BCUT2D eigenvalue weighted by Crippen LogP contribution is 2.29. The minimum atomic E-state index is -0.839. The van der Waals surface area contributed by atoms with Crippen LogP contribution in [0.15, 0.2) is 36.4 Å². The highest BCUT2D eigenvalue weighted by atomic mass is 35.5. The molecule has 2 aromatic carbocycles. The van der Waals surface area contributed by atoms with Crippen molar-refractivity contribution in [1.29, 1.82) is 0 Å². The summed E-state index contributed by atoms with van der Waals surface area (Å²) in [6.45, 7) is 6.85. The van der Waals surface area contributed by atoms with Gasteiger partial charge in [0.15, 0.2) is 0 Å². The van der Waals surface area contributed by atoms with Crippen LogP contribution in [0.25, 0.3) is 0 Å². The lowest BCUT2D eigenvalue weighted by Crippen LogP contribution is -2.48. The van der Waals surface area contributed by atoms with Gasteiger partial charge in [-0.15, -0.1) is 0 Å². The van der Waals surface area contributed by atoms with Crippen LogP contribution in [0.5, 0.6) is 5.75 Å². The van der Waals surface area contributed by atoms with E-state index in [9.17, 15) is 24.5 Å². The number of rotatable bonds is 8. The smallest absolute Gasteiger partial charge is 0.345 e. The van der Waals surface area contributed by atoms with Crippen LogP contribution >= 0.6 is 23.8 Å². The molecule has 1 heterocycles. The van der Waals surface area contributed by atoms with E-state index in [1.807, 2.05) is 0 Å². The molecule has 3 amide bonds. The number of esters is 1. The van der Waals surface area contributed by atoms with Gasteiger partial charge in [-0.25, -0.2) is 9.59 Å². The molecule has 3 rings (SSSR count). The van der Waals surface area contributed by atoms with E-state index < -0.39 is 46.1 Å². The second-order valence-corrected chi connectivity index (χ2v) is 11.5. The molecule has 11 nitrogen and oxygen atoms in total. The summed E-state index contributed by atoms with van der Waals surface area (Å²) in [6, 6.07) is 7.77. The van der Waals surface area contributed by atoms with Gasteiger partial charge in [-0.3, -0.25) is 19.8 Å². The number of hydrogen-bond acceptors (Lipinski definition) is 8. The number of benzene rings is 2. The molecule has 41 heavy (non-hydrogen) atoms. The maximum atomic E-state index is 13.6. The number of nitro benzene ring substituents is 1. The molecule has 220 valence electrons. The standard InChI is InChI=1S/C28H33ClN4O7S/c1-6-21(16-7-9-20(22(13-16)33(37)38)26(35)40-28(2,3)4)31-27(36)32-15-24(41)30-14-18(25(32)34)11-17-12-19(29)8-10-23(17)39-5/h7-10,12-13,18,21H,6,11,14-15H2,1-5H3,(H,30,41)(H,31,36)/t18-,21+/m0/s1. The van der Waals surface area contributed by atoms with Crippen LogP contribution < -0.4 is 15.4 Å². The van der Waals surface area contributed by atoms with Gasteiger partial charge in [0.2, 0.25) is 5.91 Å². The molecule has 2 aromatic rings. The van der Waals surface area contributed by atoms with E-state index >= 15 is 0 Å². The lowest BCUT2D eigenvalue weighted by molar-refractivity contribution is -0.385. The van der Waals surface area contributed by atoms with Crippen LogP contribution in [0.2, 0.25) is 5.02 Å². The number of nitrogens with zero attached hydrogens (tertiary/aromatic N) is 2. The van der Waals surface area contributed by atoms with E-state index in [0.29, 0.717) is 33.3 Å². The number of imide groups is 1. The second-order valence-electron chi connectivity index (χ2n) is 10.5. The first-order valence-electron chi connectivity index (χ1n) is 13.0. The molecule has 2 N–H and O–H groups in total. The van der Waals surface area contributed by atoms with Crippen LogP contribution in [0.1, 0.15) is 61.6 Å². The molecule has 0 saturated carbocycles. The summed E-state index contributed by atoms with van der Waals surface area (Å²) in [5, 5.41) is 18.1. The lowest BCUT2D eigenvalue weighted by Gasteiger charge is -2.26. The number of nitrogens with one attached hydrogen (secondary N) is 2. The Hall–Kier alpha value is -3.77. The Morgan fingerprint density at radius 1 is 1.27 bits per heavy atom. The summed E-state index contributed by atoms with van der Waals surface area (Å²) in [6.07, 6.45) is 0.597. The van der Waals surface area contributed by atoms with Gasteiger partial charge in [-0.1, -0.05) is 36.8 Å². The molecule has 0 aliphatic carbocycles. The predicted molar refractivity (Wildman–Crippen MR) is 157 cm³/mol. The Labute approximate surface area is 248 Å². The van der Waals surface area contributed by atoms with Crippen LogP contribution in [0, 0.1) is 16.0 Å². The van der Waals surface area contributed by atoms with Crippen molar-refractivity contribution in [3.05, 3.63) is 68.2 Å². The molecular weight excluding hydrogens is 572 g/mol. The van der Waals surface area contributed by atoms with Crippen molar-refractivity contribution in [2.75, 3.05) is 20.2 Å². The number of ether oxygens (including phenoxy) is 2. The molecule has 1 aliphatic heterocycles. The number of carbonyl (C=O) groups excluding carboxylic acids is 3. The number of urea groups is 1. The molecule has 0 spiro atoms.